The van der Waals surface area contributed by atoms with Gasteiger partial charge in [-0.1, -0.05) is 0 Å². The van der Waals surface area contributed by atoms with Crippen LogP contribution in [0.25, 0.3) is 0 Å². The Morgan fingerprint density at radius 2 is 1.95 bits per heavy atom. The molecule has 1 fully saturated rings. The van der Waals surface area contributed by atoms with Crippen molar-refractivity contribution in [3.8, 4) is 0 Å². The summed E-state index contributed by atoms with van der Waals surface area (Å²) in [6, 6.07) is 2.35. The molecule has 19 heavy (non-hydrogen) atoms. The van der Waals surface area contributed by atoms with E-state index in [0.717, 1.165) is 32.0 Å². The minimum Gasteiger partial charge on any atom is -0.478 e. The van der Waals surface area contributed by atoms with E-state index in [9.17, 15) is 13.6 Å². The molecular weight excluding hydrogens is 254 g/mol. The number of hydrogen-bond donors (Lipinski definition) is 3. The number of nitrogens with one attached hydrogen (secondary N) is 2. The van der Waals surface area contributed by atoms with Crippen LogP contribution in [-0.2, 0) is 0 Å². The number of rotatable bonds is 3. The molecule has 1 aromatic carbocycles. The van der Waals surface area contributed by atoms with E-state index in [1.54, 1.807) is 0 Å². The summed E-state index contributed by atoms with van der Waals surface area (Å²) in [5.74, 6) is -3.94. The number of carboxylic acid groups (broad SMARTS) is 1. The molecule has 2 rings (SSSR count). The molecule has 104 valence electrons. The van der Waals surface area contributed by atoms with Gasteiger partial charge in [0, 0.05) is 5.54 Å². The van der Waals surface area contributed by atoms with Gasteiger partial charge in [0.25, 0.3) is 0 Å². The minimum atomic E-state index is -1.48. The molecule has 3 N–H and O–H groups in total. The largest absolute Gasteiger partial charge is 0.478 e. The van der Waals surface area contributed by atoms with Crippen LogP contribution in [0.1, 0.15) is 30.1 Å². The molecule has 1 saturated heterocycles. The molecule has 0 saturated carbocycles. The van der Waals surface area contributed by atoms with Gasteiger partial charge >= 0.3 is 5.97 Å². The zero-order chi connectivity index (χ0) is 14.0. The number of aromatic carboxylic acids is 1. The standard InChI is InChI=1S/C13H16F2N2O2/c1-13(4-6-16-7-5-13)17-9-3-2-8(12(18)19)10(14)11(9)15/h2-3,16-17H,4-7H2,1H3,(H,18,19). The Kier molecular flexibility index (Phi) is 3.71. The summed E-state index contributed by atoms with van der Waals surface area (Å²) in [4.78, 5) is 10.7. The fraction of sp³-hybridized carbons (Fsp3) is 0.462. The third-order valence-electron chi connectivity index (χ3n) is 3.46. The quantitative estimate of drug-likeness (QED) is 0.788. The van der Waals surface area contributed by atoms with E-state index in [0.29, 0.717) is 0 Å². The summed E-state index contributed by atoms with van der Waals surface area (Å²) in [6.07, 6.45) is 1.57. The average Bonchev–Trinajstić information content (AvgIpc) is 2.35. The third kappa shape index (κ3) is 2.84. The highest BCUT2D eigenvalue weighted by atomic mass is 19.2. The molecule has 6 heteroatoms. The third-order valence-corrected chi connectivity index (χ3v) is 3.46. The lowest BCUT2D eigenvalue weighted by Crippen LogP contribution is -2.45. The van der Waals surface area contributed by atoms with E-state index in [1.165, 1.54) is 6.07 Å². The van der Waals surface area contributed by atoms with Gasteiger partial charge in [0.15, 0.2) is 11.6 Å². The van der Waals surface area contributed by atoms with Crippen LogP contribution in [0.5, 0.6) is 0 Å². The molecule has 0 atom stereocenters. The molecule has 0 aliphatic carbocycles. The van der Waals surface area contributed by atoms with Gasteiger partial charge in [0.1, 0.15) is 0 Å². The van der Waals surface area contributed by atoms with E-state index in [2.05, 4.69) is 10.6 Å². The van der Waals surface area contributed by atoms with Crippen molar-refractivity contribution in [2.75, 3.05) is 18.4 Å². The van der Waals surface area contributed by atoms with E-state index in [4.69, 9.17) is 5.11 Å². The number of carbonyl (C=O) groups is 1. The van der Waals surface area contributed by atoms with Crippen LogP contribution in [0.15, 0.2) is 12.1 Å². The van der Waals surface area contributed by atoms with E-state index < -0.39 is 23.2 Å². The number of piperidine rings is 1. The molecule has 0 amide bonds. The maximum atomic E-state index is 13.8. The molecule has 0 radical (unpaired) electrons. The Morgan fingerprint density at radius 3 is 2.53 bits per heavy atom. The van der Waals surface area contributed by atoms with Crippen LogP contribution >= 0.6 is 0 Å². The van der Waals surface area contributed by atoms with Crippen LogP contribution in [0.2, 0.25) is 0 Å². The first-order valence-corrected chi connectivity index (χ1v) is 6.13. The lowest BCUT2D eigenvalue weighted by Gasteiger charge is -2.36. The predicted molar refractivity (Wildman–Crippen MR) is 67.4 cm³/mol. The van der Waals surface area contributed by atoms with E-state index in [1.807, 2.05) is 6.92 Å². The monoisotopic (exact) mass is 270 g/mol. The summed E-state index contributed by atoms with van der Waals surface area (Å²) < 4.78 is 27.4. The Hall–Kier alpha value is -1.69. The molecule has 4 nitrogen and oxygen atoms in total. The SMILES string of the molecule is CC1(Nc2ccc(C(=O)O)c(F)c2F)CCNCC1. The van der Waals surface area contributed by atoms with Crippen molar-refractivity contribution in [3.05, 3.63) is 29.3 Å². The summed E-state index contributed by atoms with van der Waals surface area (Å²) in [6.45, 7) is 3.55. The summed E-state index contributed by atoms with van der Waals surface area (Å²) in [5.41, 5.74) is -0.964. The van der Waals surface area contributed by atoms with Gasteiger partial charge < -0.3 is 15.7 Å². The molecule has 0 aromatic heterocycles. The first-order chi connectivity index (χ1) is 8.93. The summed E-state index contributed by atoms with van der Waals surface area (Å²) >= 11 is 0. The van der Waals surface area contributed by atoms with Crippen molar-refractivity contribution in [2.45, 2.75) is 25.3 Å². The van der Waals surface area contributed by atoms with Gasteiger partial charge in [-0.2, -0.15) is 0 Å². The normalized spacial score (nSPS) is 18.1. The van der Waals surface area contributed by atoms with Gasteiger partial charge in [-0.15, -0.1) is 0 Å². The second kappa shape index (κ2) is 5.13. The number of carboxylic acids is 1. The summed E-state index contributed by atoms with van der Waals surface area (Å²) in [5, 5.41) is 14.9. The van der Waals surface area contributed by atoms with Crippen LogP contribution in [0.4, 0.5) is 14.5 Å². The highest BCUT2D eigenvalue weighted by Crippen LogP contribution is 2.27. The molecule has 0 spiro atoms. The Bertz CT molecular complexity index is 500. The van der Waals surface area contributed by atoms with Crippen molar-refractivity contribution in [3.63, 3.8) is 0 Å². The minimum absolute atomic E-state index is 0.00639. The van der Waals surface area contributed by atoms with Gasteiger partial charge in [-0.3, -0.25) is 0 Å². The summed E-state index contributed by atoms with van der Waals surface area (Å²) in [7, 11) is 0. The molecular formula is C13H16F2N2O2. The Balaban J connectivity index is 2.26. The fourth-order valence-electron chi connectivity index (χ4n) is 2.24. The first kappa shape index (κ1) is 13.7. The van der Waals surface area contributed by atoms with Crippen molar-refractivity contribution >= 4 is 11.7 Å². The number of hydrogen-bond acceptors (Lipinski definition) is 3. The topological polar surface area (TPSA) is 61.4 Å². The molecule has 0 bridgehead atoms. The fourth-order valence-corrected chi connectivity index (χ4v) is 2.24. The average molecular weight is 270 g/mol. The zero-order valence-electron chi connectivity index (χ0n) is 10.6. The molecule has 1 heterocycles. The van der Waals surface area contributed by atoms with Gasteiger partial charge in [0.2, 0.25) is 0 Å². The molecule has 1 aliphatic rings. The highest BCUT2D eigenvalue weighted by Gasteiger charge is 2.28. The molecule has 1 aromatic rings. The van der Waals surface area contributed by atoms with E-state index in [-0.39, 0.29) is 11.2 Å². The maximum absolute atomic E-state index is 13.8. The van der Waals surface area contributed by atoms with Crippen molar-refractivity contribution in [1.29, 1.82) is 0 Å². The Labute approximate surface area is 109 Å². The zero-order valence-corrected chi connectivity index (χ0v) is 10.6. The molecule has 1 aliphatic heterocycles. The van der Waals surface area contributed by atoms with Crippen LogP contribution < -0.4 is 10.6 Å². The van der Waals surface area contributed by atoms with Crippen LogP contribution in [0, 0.1) is 11.6 Å². The van der Waals surface area contributed by atoms with Gasteiger partial charge in [0.05, 0.1) is 11.3 Å². The number of halogens is 2. The lowest BCUT2D eigenvalue weighted by molar-refractivity contribution is 0.0690. The van der Waals surface area contributed by atoms with Crippen molar-refractivity contribution in [1.82, 2.24) is 5.32 Å². The highest BCUT2D eigenvalue weighted by molar-refractivity contribution is 5.88. The Morgan fingerprint density at radius 1 is 1.32 bits per heavy atom. The van der Waals surface area contributed by atoms with Crippen molar-refractivity contribution < 1.29 is 18.7 Å². The predicted octanol–water partition coefficient (Wildman–Crippen LogP) is 2.22. The van der Waals surface area contributed by atoms with Crippen LogP contribution in [0.3, 0.4) is 0 Å². The number of anilines is 1. The second-order valence-electron chi connectivity index (χ2n) is 5.03. The smallest absolute Gasteiger partial charge is 0.338 e. The maximum Gasteiger partial charge on any atom is 0.338 e. The lowest BCUT2D eigenvalue weighted by atomic mass is 9.90. The molecule has 0 unspecified atom stereocenters. The first-order valence-electron chi connectivity index (χ1n) is 6.13. The second-order valence-corrected chi connectivity index (χ2v) is 5.03. The van der Waals surface area contributed by atoms with Gasteiger partial charge in [-0.25, -0.2) is 13.6 Å². The van der Waals surface area contributed by atoms with Crippen molar-refractivity contribution in [2.24, 2.45) is 0 Å². The van der Waals surface area contributed by atoms with E-state index >= 15 is 0 Å². The van der Waals surface area contributed by atoms with Crippen LogP contribution in [-0.4, -0.2) is 29.7 Å². The number of benzene rings is 1. The van der Waals surface area contributed by atoms with Gasteiger partial charge in [-0.05, 0) is 45.0 Å².